The highest BCUT2D eigenvalue weighted by molar-refractivity contribution is 7.89. The van der Waals surface area contributed by atoms with Crippen molar-refractivity contribution in [2.24, 2.45) is 0 Å². The number of carboxylic acid groups (broad SMARTS) is 1. The van der Waals surface area contributed by atoms with Gasteiger partial charge in [-0.2, -0.15) is 4.31 Å². The number of hydrogen-bond donors (Lipinski definition) is 1. The SMILES string of the molecule is COc1ccc(Cl)cc1S(=O)(=O)N(C1CC1)C(C)C(=O)O. The average molecular weight is 334 g/mol. The van der Waals surface area contributed by atoms with Gasteiger partial charge in [0.05, 0.1) is 7.11 Å². The van der Waals surface area contributed by atoms with Crippen LogP contribution >= 0.6 is 11.6 Å². The fourth-order valence-electron chi connectivity index (χ4n) is 2.12. The second-order valence-corrected chi connectivity index (χ2v) is 7.12. The predicted octanol–water partition coefficient (Wildman–Crippen LogP) is 1.97. The summed E-state index contributed by atoms with van der Waals surface area (Å²) in [7, 11) is -2.65. The zero-order chi connectivity index (χ0) is 15.8. The molecule has 21 heavy (non-hydrogen) atoms. The number of aliphatic carboxylic acids is 1. The fourth-order valence-corrected chi connectivity index (χ4v) is 4.38. The molecular formula is C13H16ClNO5S. The average Bonchev–Trinajstić information content (AvgIpc) is 3.23. The minimum absolute atomic E-state index is 0.113. The van der Waals surface area contributed by atoms with E-state index in [1.165, 1.54) is 32.2 Å². The predicted molar refractivity (Wildman–Crippen MR) is 77.1 cm³/mol. The highest BCUT2D eigenvalue weighted by Gasteiger charge is 2.44. The molecular weight excluding hydrogens is 318 g/mol. The van der Waals surface area contributed by atoms with Gasteiger partial charge in [-0.3, -0.25) is 4.79 Å². The zero-order valence-electron chi connectivity index (χ0n) is 11.6. The summed E-state index contributed by atoms with van der Waals surface area (Å²) >= 11 is 5.87. The molecule has 8 heteroatoms. The molecule has 0 radical (unpaired) electrons. The smallest absolute Gasteiger partial charge is 0.321 e. The third-order valence-corrected chi connectivity index (χ3v) is 5.61. The van der Waals surface area contributed by atoms with Crippen LogP contribution in [0.5, 0.6) is 5.75 Å². The van der Waals surface area contributed by atoms with Gasteiger partial charge in [-0.15, -0.1) is 0 Å². The third-order valence-electron chi connectivity index (χ3n) is 3.33. The molecule has 1 saturated carbocycles. The van der Waals surface area contributed by atoms with Crippen molar-refractivity contribution in [2.75, 3.05) is 7.11 Å². The van der Waals surface area contributed by atoms with Crippen LogP contribution in [0.3, 0.4) is 0 Å². The van der Waals surface area contributed by atoms with Gasteiger partial charge >= 0.3 is 5.97 Å². The van der Waals surface area contributed by atoms with Gasteiger partial charge in [0, 0.05) is 11.1 Å². The minimum Gasteiger partial charge on any atom is -0.495 e. The Balaban J connectivity index is 2.53. The Labute approximate surface area is 128 Å². The number of hydrogen-bond acceptors (Lipinski definition) is 4. The molecule has 1 aliphatic carbocycles. The number of rotatable bonds is 6. The van der Waals surface area contributed by atoms with Crippen molar-refractivity contribution < 1.29 is 23.1 Å². The molecule has 0 bridgehead atoms. The number of carbonyl (C=O) groups is 1. The molecule has 0 spiro atoms. The van der Waals surface area contributed by atoms with Crippen LogP contribution in [0.4, 0.5) is 0 Å². The van der Waals surface area contributed by atoms with Crippen LogP contribution in [0.2, 0.25) is 5.02 Å². The summed E-state index contributed by atoms with van der Waals surface area (Å²) in [5.41, 5.74) is 0. The first-order chi connectivity index (χ1) is 9.78. The molecule has 2 rings (SSSR count). The van der Waals surface area contributed by atoms with E-state index >= 15 is 0 Å². The Morgan fingerprint density at radius 1 is 1.48 bits per heavy atom. The van der Waals surface area contributed by atoms with Crippen molar-refractivity contribution in [2.45, 2.75) is 36.7 Å². The molecule has 1 fully saturated rings. The first-order valence-corrected chi connectivity index (χ1v) is 8.20. The summed E-state index contributed by atoms with van der Waals surface area (Å²) in [4.78, 5) is 11.1. The van der Waals surface area contributed by atoms with E-state index < -0.39 is 22.0 Å². The van der Waals surface area contributed by atoms with Crippen LogP contribution in [0.15, 0.2) is 23.1 Å². The molecule has 0 aliphatic heterocycles. The Bertz CT molecular complexity index is 657. The van der Waals surface area contributed by atoms with Crippen molar-refractivity contribution in [3.63, 3.8) is 0 Å². The quantitative estimate of drug-likeness (QED) is 0.860. The molecule has 116 valence electrons. The highest BCUT2D eigenvalue weighted by Crippen LogP contribution is 2.37. The van der Waals surface area contributed by atoms with Crippen molar-refractivity contribution in [3.05, 3.63) is 23.2 Å². The number of carboxylic acids is 1. The van der Waals surface area contributed by atoms with Gasteiger partial charge in [-0.1, -0.05) is 11.6 Å². The summed E-state index contributed by atoms with van der Waals surface area (Å²) in [5, 5.41) is 9.40. The van der Waals surface area contributed by atoms with Crippen molar-refractivity contribution in [3.8, 4) is 5.75 Å². The number of halogens is 1. The number of nitrogens with zero attached hydrogens (tertiary/aromatic N) is 1. The number of benzene rings is 1. The van der Waals surface area contributed by atoms with Gasteiger partial charge in [0.25, 0.3) is 0 Å². The van der Waals surface area contributed by atoms with Gasteiger partial charge in [0.2, 0.25) is 10.0 Å². The van der Waals surface area contributed by atoms with Crippen LogP contribution in [-0.2, 0) is 14.8 Å². The first kappa shape index (κ1) is 16.1. The van der Waals surface area contributed by atoms with Crippen LogP contribution in [0.25, 0.3) is 0 Å². The maximum absolute atomic E-state index is 12.8. The molecule has 0 amide bonds. The lowest BCUT2D eigenvalue weighted by Crippen LogP contribution is -2.44. The number of sulfonamides is 1. The van der Waals surface area contributed by atoms with Gasteiger partial charge in [-0.05, 0) is 38.0 Å². The van der Waals surface area contributed by atoms with Crippen LogP contribution in [-0.4, -0.2) is 43.0 Å². The Hall–Kier alpha value is -1.31. The Kier molecular flexibility index (Phi) is 4.46. The van der Waals surface area contributed by atoms with Crippen molar-refractivity contribution >= 4 is 27.6 Å². The lowest BCUT2D eigenvalue weighted by Gasteiger charge is -2.26. The van der Waals surface area contributed by atoms with Crippen molar-refractivity contribution in [1.82, 2.24) is 4.31 Å². The van der Waals surface area contributed by atoms with E-state index in [2.05, 4.69) is 0 Å². The third kappa shape index (κ3) is 3.14. The second-order valence-electron chi connectivity index (χ2n) is 4.88. The Morgan fingerprint density at radius 2 is 2.10 bits per heavy atom. The molecule has 1 atom stereocenters. The highest BCUT2D eigenvalue weighted by atomic mass is 35.5. The molecule has 1 aromatic rings. The monoisotopic (exact) mass is 333 g/mol. The normalized spacial score (nSPS) is 16.8. The Morgan fingerprint density at radius 3 is 2.57 bits per heavy atom. The maximum Gasteiger partial charge on any atom is 0.321 e. The van der Waals surface area contributed by atoms with Gasteiger partial charge < -0.3 is 9.84 Å². The summed E-state index contributed by atoms with van der Waals surface area (Å²) < 4.78 is 31.7. The van der Waals surface area contributed by atoms with E-state index in [1.54, 1.807) is 0 Å². The summed E-state index contributed by atoms with van der Waals surface area (Å²) in [6.07, 6.45) is 1.31. The first-order valence-electron chi connectivity index (χ1n) is 6.39. The summed E-state index contributed by atoms with van der Waals surface area (Å²) in [6, 6.07) is 2.81. The fraction of sp³-hybridized carbons (Fsp3) is 0.462. The van der Waals surface area contributed by atoms with E-state index in [-0.39, 0.29) is 21.7 Å². The molecule has 6 nitrogen and oxygen atoms in total. The standard InChI is InChI=1S/C13H16ClNO5S/c1-8(13(16)17)15(10-4-5-10)21(18,19)12-7-9(14)3-6-11(12)20-2/h3,6-8,10H,4-5H2,1-2H3,(H,16,17). The summed E-state index contributed by atoms with van der Waals surface area (Å²) in [5.74, 6) is -1.05. The van der Waals surface area contributed by atoms with Crippen LogP contribution in [0.1, 0.15) is 19.8 Å². The summed E-state index contributed by atoms with van der Waals surface area (Å²) in [6.45, 7) is 1.36. The van der Waals surface area contributed by atoms with Crippen LogP contribution < -0.4 is 4.74 Å². The van der Waals surface area contributed by atoms with E-state index in [1.807, 2.05) is 0 Å². The number of methoxy groups -OCH3 is 1. The molecule has 1 aliphatic rings. The lowest BCUT2D eigenvalue weighted by atomic mass is 10.3. The topological polar surface area (TPSA) is 83.9 Å². The molecule has 1 N–H and O–H groups in total. The molecule has 1 aromatic carbocycles. The second kappa shape index (κ2) is 5.82. The zero-order valence-corrected chi connectivity index (χ0v) is 13.2. The lowest BCUT2D eigenvalue weighted by molar-refractivity contribution is -0.141. The molecule has 0 aromatic heterocycles. The maximum atomic E-state index is 12.8. The van der Waals surface area contributed by atoms with E-state index in [9.17, 15) is 13.2 Å². The molecule has 1 unspecified atom stereocenters. The van der Waals surface area contributed by atoms with E-state index in [0.29, 0.717) is 12.8 Å². The van der Waals surface area contributed by atoms with Gasteiger partial charge in [0.1, 0.15) is 16.7 Å². The van der Waals surface area contributed by atoms with Crippen molar-refractivity contribution in [1.29, 1.82) is 0 Å². The number of ether oxygens (including phenoxy) is 1. The van der Waals surface area contributed by atoms with E-state index in [4.69, 9.17) is 21.4 Å². The molecule has 0 heterocycles. The molecule has 0 saturated heterocycles. The van der Waals surface area contributed by atoms with Gasteiger partial charge in [0.15, 0.2) is 0 Å². The van der Waals surface area contributed by atoms with Crippen LogP contribution in [0, 0.1) is 0 Å². The largest absolute Gasteiger partial charge is 0.495 e. The van der Waals surface area contributed by atoms with E-state index in [0.717, 1.165) is 4.31 Å². The minimum atomic E-state index is -4.00. The van der Waals surface area contributed by atoms with Gasteiger partial charge in [-0.25, -0.2) is 8.42 Å².